The van der Waals surface area contributed by atoms with Gasteiger partial charge in [0, 0.05) is 6.92 Å². The highest BCUT2D eigenvalue weighted by molar-refractivity contribution is 5.93. The summed E-state index contributed by atoms with van der Waals surface area (Å²) in [6, 6.07) is 12.4. The van der Waals surface area contributed by atoms with E-state index >= 15 is 0 Å². The molecule has 0 aliphatic rings. The molecule has 0 amide bonds. The van der Waals surface area contributed by atoms with E-state index in [-0.39, 0.29) is 0 Å². The van der Waals surface area contributed by atoms with Crippen LogP contribution in [0.1, 0.15) is 64.4 Å². The van der Waals surface area contributed by atoms with Crippen LogP contribution >= 0.6 is 0 Å². The zero-order valence-electron chi connectivity index (χ0n) is 20.3. The van der Waals surface area contributed by atoms with Crippen LogP contribution in [0.4, 0.5) is 0 Å². The van der Waals surface area contributed by atoms with E-state index in [4.69, 9.17) is 18.3 Å². The standard InChI is InChI=1S/C28H37O4/c1-6-9-10-11-12-17-31-24-15-13-22(14-16-24)23-18-25(29-7-2)27-20(4)32-21(5)28(27)26(19-23)30-8-3/h13-16,18-19H,6-12,17H2,1-5H3/q+1. The molecule has 0 unspecified atom stereocenters. The molecule has 172 valence electrons. The van der Waals surface area contributed by atoms with Gasteiger partial charge in [0.15, 0.2) is 0 Å². The second kappa shape index (κ2) is 11.8. The fraction of sp³-hybridized carbons (Fsp3) is 0.464. The minimum absolute atomic E-state index is 0.581. The maximum Gasteiger partial charge on any atom is 0.355 e. The first-order valence-corrected chi connectivity index (χ1v) is 12.0. The molecule has 0 spiro atoms. The van der Waals surface area contributed by atoms with Crippen LogP contribution in [-0.2, 0) is 0 Å². The predicted octanol–water partition coefficient (Wildman–Crippen LogP) is 7.38. The van der Waals surface area contributed by atoms with Crippen molar-refractivity contribution < 1.29 is 13.9 Å². The lowest BCUT2D eigenvalue weighted by molar-refractivity contribution is 0.304. The lowest BCUT2D eigenvalue weighted by Crippen LogP contribution is -2.01. The molecule has 0 N–H and O–H groups in total. The zero-order chi connectivity index (χ0) is 22.9. The summed E-state index contributed by atoms with van der Waals surface area (Å²) in [6.07, 6.45) is 6.19. The molecule has 0 radical (unpaired) electrons. The number of benzene rings is 1. The van der Waals surface area contributed by atoms with Crippen LogP contribution in [0.5, 0.6) is 11.5 Å². The van der Waals surface area contributed by atoms with E-state index in [9.17, 15) is 0 Å². The monoisotopic (exact) mass is 437 g/mol. The maximum atomic E-state index is 6.05. The smallest absolute Gasteiger partial charge is 0.355 e. The molecule has 4 heteroatoms. The third-order valence-corrected chi connectivity index (χ3v) is 5.63. The van der Waals surface area contributed by atoms with Gasteiger partial charge < -0.3 is 13.9 Å². The van der Waals surface area contributed by atoms with E-state index < -0.39 is 0 Å². The van der Waals surface area contributed by atoms with Gasteiger partial charge >= 0.3 is 5.43 Å². The van der Waals surface area contributed by atoms with Gasteiger partial charge in [-0.25, -0.2) is 0 Å². The Morgan fingerprint density at radius 3 is 2.19 bits per heavy atom. The average Bonchev–Trinajstić information content (AvgIpc) is 2.98. The summed E-state index contributed by atoms with van der Waals surface area (Å²) in [6.45, 7) is 12.1. The Labute approximate surface area is 191 Å². The molecule has 1 aromatic heterocycles. The van der Waals surface area contributed by atoms with Crippen molar-refractivity contribution >= 4 is 10.8 Å². The highest BCUT2D eigenvalue weighted by Crippen LogP contribution is 2.34. The fourth-order valence-electron chi connectivity index (χ4n) is 4.09. The van der Waals surface area contributed by atoms with Crippen molar-refractivity contribution in [3.63, 3.8) is 0 Å². The molecule has 0 aliphatic carbocycles. The molecule has 4 nitrogen and oxygen atoms in total. The number of rotatable bonds is 11. The average molecular weight is 438 g/mol. The van der Waals surface area contributed by atoms with Crippen LogP contribution in [0.25, 0.3) is 21.9 Å². The summed E-state index contributed by atoms with van der Waals surface area (Å²) in [5.41, 5.74) is 2.94. The predicted molar refractivity (Wildman–Crippen MR) is 133 cm³/mol. The number of ether oxygens (including phenoxy) is 2. The zero-order valence-corrected chi connectivity index (χ0v) is 20.3. The van der Waals surface area contributed by atoms with Gasteiger partial charge in [-0.05, 0) is 56.5 Å². The summed E-state index contributed by atoms with van der Waals surface area (Å²) in [5, 5.41) is 1.95. The van der Waals surface area contributed by atoms with Crippen molar-refractivity contribution in [3.8, 4) is 22.6 Å². The van der Waals surface area contributed by atoms with E-state index in [1.54, 1.807) is 0 Å². The van der Waals surface area contributed by atoms with Gasteiger partial charge in [0.2, 0.25) is 0 Å². The van der Waals surface area contributed by atoms with Crippen LogP contribution in [0, 0.1) is 13.8 Å². The maximum absolute atomic E-state index is 6.05. The number of unbranched alkanes of at least 4 members (excludes halogenated alkanes) is 4. The van der Waals surface area contributed by atoms with Crippen molar-refractivity contribution in [2.75, 3.05) is 19.8 Å². The first-order valence-electron chi connectivity index (χ1n) is 12.0. The van der Waals surface area contributed by atoms with Crippen LogP contribution < -0.4 is 14.9 Å². The number of aryl methyl sites for hydroxylation is 2. The van der Waals surface area contributed by atoms with Gasteiger partial charge in [0.25, 0.3) is 6.61 Å². The Morgan fingerprint density at radius 2 is 1.50 bits per heavy atom. The molecule has 1 heterocycles. The van der Waals surface area contributed by atoms with Crippen LogP contribution in [0.2, 0.25) is 0 Å². The van der Waals surface area contributed by atoms with Gasteiger partial charge in [-0.3, -0.25) is 4.42 Å². The summed E-state index contributed by atoms with van der Waals surface area (Å²) in [4.78, 5) is 0. The van der Waals surface area contributed by atoms with E-state index in [2.05, 4.69) is 31.2 Å². The Kier molecular flexibility index (Phi) is 8.78. The quantitative estimate of drug-likeness (QED) is 0.232. The molecule has 0 saturated heterocycles. The molecule has 0 fully saturated rings. The number of hydrogen-bond donors (Lipinski definition) is 0. The normalized spacial score (nSPS) is 11.8. The van der Waals surface area contributed by atoms with E-state index in [0.29, 0.717) is 13.2 Å². The molecule has 0 bridgehead atoms. The van der Waals surface area contributed by atoms with E-state index in [0.717, 1.165) is 63.4 Å². The Morgan fingerprint density at radius 1 is 0.781 bits per heavy atom. The second-order valence-electron chi connectivity index (χ2n) is 8.09. The van der Waals surface area contributed by atoms with E-state index in [1.807, 2.05) is 39.8 Å². The van der Waals surface area contributed by atoms with Crippen LogP contribution in [0.15, 0.2) is 45.2 Å². The lowest BCUT2D eigenvalue weighted by atomic mass is 10.1. The Hall–Kier alpha value is -2.75. The highest BCUT2D eigenvalue weighted by Gasteiger charge is 2.19. The molecule has 0 aliphatic heterocycles. The largest absolute Gasteiger partial charge is 0.494 e. The summed E-state index contributed by atoms with van der Waals surface area (Å²) >= 11 is 0. The molecule has 0 saturated carbocycles. The van der Waals surface area contributed by atoms with E-state index in [1.165, 1.54) is 25.7 Å². The molecule has 3 rings (SSSR count). The molecule has 0 atom stereocenters. The lowest BCUT2D eigenvalue weighted by Gasteiger charge is -2.07. The summed E-state index contributed by atoms with van der Waals surface area (Å²) in [5.74, 6) is 3.40. The summed E-state index contributed by atoms with van der Waals surface area (Å²) < 4.78 is 24.0. The van der Waals surface area contributed by atoms with Crippen molar-refractivity contribution in [2.24, 2.45) is 0 Å². The highest BCUT2D eigenvalue weighted by atomic mass is 16.5. The third-order valence-electron chi connectivity index (χ3n) is 5.63. The number of furan rings is 1. The van der Waals surface area contributed by atoms with Crippen molar-refractivity contribution in [2.45, 2.75) is 66.7 Å². The summed E-state index contributed by atoms with van der Waals surface area (Å²) in [7, 11) is 0. The molecule has 3 aromatic rings. The Balaban J connectivity index is 1.94. The minimum Gasteiger partial charge on any atom is -0.494 e. The second-order valence-corrected chi connectivity index (χ2v) is 8.09. The first kappa shape index (κ1) is 23.9. The van der Waals surface area contributed by atoms with Crippen LogP contribution in [-0.4, -0.2) is 19.8 Å². The van der Waals surface area contributed by atoms with Gasteiger partial charge in [0.1, 0.15) is 28.4 Å². The SMILES string of the molecule is CCCCCCCOc1ccc(-c2cc(OCC)c3c(C)oc(C)c3c(=[O+]CC)c2)cc1. The van der Waals surface area contributed by atoms with Crippen molar-refractivity contribution in [1.82, 2.24) is 0 Å². The van der Waals surface area contributed by atoms with Crippen molar-refractivity contribution in [1.29, 1.82) is 0 Å². The van der Waals surface area contributed by atoms with Crippen molar-refractivity contribution in [3.05, 3.63) is 57.8 Å². The van der Waals surface area contributed by atoms with Gasteiger partial charge in [-0.15, -0.1) is 0 Å². The third kappa shape index (κ3) is 5.73. The topological polar surface area (TPSA) is 42.9 Å². The molecule has 2 aromatic carbocycles. The molecular weight excluding hydrogens is 400 g/mol. The number of hydrogen-bond acceptors (Lipinski definition) is 3. The number of fused-ring (bicyclic) bond motifs is 1. The molecule has 32 heavy (non-hydrogen) atoms. The van der Waals surface area contributed by atoms with Crippen LogP contribution in [0.3, 0.4) is 0 Å². The Bertz CT molecular complexity index is 1080. The fourth-order valence-corrected chi connectivity index (χ4v) is 4.09. The minimum atomic E-state index is 0.581. The van der Waals surface area contributed by atoms with Gasteiger partial charge in [-0.2, -0.15) is 0 Å². The van der Waals surface area contributed by atoms with Gasteiger partial charge in [0.05, 0.1) is 24.7 Å². The molecular formula is C28H37O4+. The van der Waals surface area contributed by atoms with Gasteiger partial charge in [-0.1, -0.05) is 44.7 Å². The first-order chi connectivity index (χ1) is 15.6.